The molecule has 0 atom stereocenters. The molecule has 0 radical (unpaired) electrons. The van der Waals surface area contributed by atoms with Crippen LogP contribution in [0.4, 0.5) is 0 Å². The van der Waals surface area contributed by atoms with Crippen LogP contribution in [-0.2, 0) is 12.6 Å². The molecule has 0 saturated carbocycles. The van der Waals surface area contributed by atoms with Crippen LogP contribution in [0, 0.1) is 5.75 Å². The molecule has 0 bridgehead atoms. The number of hydrogen-bond acceptors (Lipinski definition) is 1. The molecule has 4 heteroatoms. The molecule has 11 heavy (non-hydrogen) atoms. The third-order valence-corrected chi connectivity index (χ3v) is 1.41. The van der Waals surface area contributed by atoms with Crippen LogP contribution in [0.3, 0.4) is 0 Å². The third-order valence-electron chi connectivity index (χ3n) is 1.18. The minimum Gasteiger partial charge on any atom is -1.01 e. The molecular formula is C7H14Rb3S+. The second-order valence-corrected chi connectivity index (χ2v) is 2.35. The monoisotopic (exact) mass is 385 g/mol. The van der Waals surface area contributed by atoms with Gasteiger partial charge < -0.3 is 18.4 Å². The zero-order chi connectivity index (χ0) is 6.24. The first-order valence-corrected chi connectivity index (χ1v) is 3.82. The van der Waals surface area contributed by atoms with Crippen molar-refractivity contribution in [2.24, 2.45) is 0 Å². The van der Waals surface area contributed by atoms with Crippen LogP contribution in [0.25, 0.3) is 0 Å². The zero-order valence-electron chi connectivity index (χ0n) is 8.52. The van der Waals surface area contributed by atoms with Crippen LogP contribution in [0.15, 0.2) is 0 Å². The summed E-state index contributed by atoms with van der Waals surface area (Å²) >= 11 is 4.68. The quantitative estimate of drug-likeness (QED) is 0.257. The van der Waals surface area contributed by atoms with E-state index in [1.54, 1.807) is 0 Å². The van der Waals surface area contributed by atoms with Gasteiger partial charge >= 0.3 is 175 Å². The molecule has 0 amide bonds. The topological polar surface area (TPSA) is 0 Å². The summed E-state index contributed by atoms with van der Waals surface area (Å²) < 4.78 is 0. The molecule has 0 aliphatic rings. The molecule has 0 nitrogen and oxygen atoms in total. The molecule has 0 heterocycles. The van der Waals surface area contributed by atoms with Crippen LogP contribution < -0.4 is 175 Å². The van der Waals surface area contributed by atoms with Crippen molar-refractivity contribution in [1.82, 2.24) is 0 Å². The second-order valence-electron chi connectivity index (χ2n) is 2.02. The van der Waals surface area contributed by atoms with Crippen molar-refractivity contribution in [3.8, 4) is 0 Å². The molecule has 0 aromatic rings. The van der Waals surface area contributed by atoms with Gasteiger partial charge in [-0.05, 0) is 0 Å². The van der Waals surface area contributed by atoms with Crippen LogP contribution in [-0.4, -0.2) is 0 Å². The summed E-state index contributed by atoms with van der Waals surface area (Å²) in [6.07, 6.45) is 6.44. The van der Waals surface area contributed by atoms with E-state index in [9.17, 15) is 0 Å². The van der Waals surface area contributed by atoms with Crippen molar-refractivity contribution in [3.63, 3.8) is 0 Å². The summed E-state index contributed by atoms with van der Waals surface area (Å²) in [5, 5.41) is 0. The van der Waals surface area contributed by atoms with E-state index in [-0.39, 0.29) is 175 Å². The third kappa shape index (κ3) is 25.8. The Morgan fingerprint density at radius 2 is 1.55 bits per heavy atom. The van der Waals surface area contributed by atoms with E-state index in [2.05, 4.69) is 19.6 Å². The summed E-state index contributed by atoms with van der Waals surface area (Å²) in [4.78, 5) is 0. The van der Waals surface area contributed by atoms with E-state index in [1.807, 2.05) is 5.75 Å². The minimum atomic E-state index is 0. The van der Waals surface area contributed by atoms with Gasteiger partial charge in [0.15, 0.2) is 0 Å². The van der Waals surface area contributed by atoms with Crippen LogP contribution in [0.5, 0.6) is 0 Å². The number of hydrogen-bond donors (Lipinski definition) is 0. The molecule has 0 unspecified atom stereocenters. The summed E-state index contributed by atoms with van der Waals surface area (Å²) in [7, 11) is 0. The van der Waals surface area contributed by atoms with Gasteiger partial charge in [0.2, 0.25) is 0 Å². The summed E-state index contributed by atoms with van der Waals surface area (Å²) in [5.41, 5.74) is 0. The van der Waals surface area contributed by atoms with E-state index in [0.717, 1.165) is 6.42 Å². The molecule has 0 rings (SSSR count). The molecule has 0 saturated heterocycles. The largest absolute Gasteiger partial charge is 1.01 e. The fraction of sp³-hybridized carbons (Fsp3) is 0.857. The molecule has 0 aromatic carbocycles. The Morgan fingerprint density at radius 1 is 1.00 bits per heavy atom. The van der Waals surface area contributed by atoms with Gasteiger partial charge in [-0.15, -0.1) is 0 Å². The van der Waals surface area contributed by atoms with Gasteiger partial charge in [0.05, 0.1) is 0 Å². The van der Waals surface area contributed by atoms with Crippen molar-refractivity contribution in [3.05, 3.63) is 5.75 Å². The molecule has 0 N–H and O–H groups in total. The van der Waals surface area contributed by atoms with E-state index >= 15 is 0 Å². The zero-order valence-corrected chi connectivity index (χ0v) is 24.1. The molecule has 50 valence electrons. The minimum absolute atomic E-state index is 0. The first-order chi connectivity index (χ1) is 3.91. The van der Waals surface area contributed by atoms with E-state index in [1.165, 1.54) is 25.7 Å². The summed E-state index contributed by atoms with van der Waals surface area (Å²) in [6, 6.07) is 0. The SMILES string of the molecule is CCCCCC[CH-][S-].[Rb+].[Rb+].[Rb+]. The fourth-order valence-electron chi connectivity index (χ4n) is 0.654. The molecular weight excluding hydrogens is 373 g/mol. The van der Waals surface area contributed by atoms with Gasteiger partial charge in [-0.25, -0.2) is 6.42 Å². The maximum atomic E-state index is 4.68. The summed E-state index contributed by atoms with van der Waals surface area (Å²) in [6.45, 7) is 2.22. The van der Waals surface area contributed by atoms with E-state index in [4.69, 9.17) is 0 Å². The van der Waals surface area contributed by atoms with Crippen molar-refractivity contribution in [1.29, 1.82) is 0 Å². The molecule has 0 aromatic heterocycles. The Morgan fingerprint density at radius 3 is 1.91 bits per heavy atom. The average Bonchev–Trinajstić information content (AvgIpc) is 1.81. The van der Waals surface area contributed by atoms with Gasteiger partial charge in [0.1, 0.15) is 0 Å². The number of unbranched alkanes of at least 4 members (excludes halogenated alkanes) is 4. The molecule has 0 aliphatic heterocycles. The Hall–Kier alpha value is 5.77. The van der Waals surface area contributed by atoms with Crippen LogP contribution in [0.1, 0.15) is 39.0 Å². The summed E-state index contributed by atoms with van der Waals surface area (Å²) in [5.74, 6) is 1.83. The Kier molecular flexibility index (Phi) is 57.7. The molecule has 0 fully saturated rings. The van der Waals surface area contributed by atoms with Gasteiger partial charge in [-0.2, -0.15) is 0 Å². The Labute approximate surface area is 224 Å². The van der Waals surface area contributed by atoms with Gasteiger partial charge in [-0.3, -0.25) is 0 Å². The maximum Gasteiger partial charge on any atom is 1.00 e. The molecule has 0 aliphatic carbocycles. The second kappa shape index (κ2) is 24.8. The van der Waals surface area contributed by atoms with Crippen molar-refractivity contribution >= 4 is 12.6 Å². The first kappa shape index (κ1) is 25.6. The van der Waals surface area contributed by atoms with Crippen molar-refractivity contribution in [2.75, 3.05) is 0 Å². The van der Waals surface area contributed by atoms with E-state index < -0.39 is 0 Å². The fourth-order valence-corrected chi connectivity index (χ4v) is 0.821. The Bertz CT molecular complexity index is 38.7. The maximum absolute atomic E-state index is 4.68. The predicted octanol–water partition coefficient (Wildman–Crippen LogP) is -6.32. The molecule has 0 spiro atoms. The van der Waals surface area contributed by atoms with Crippen LogP contribution in [0.2, 0.25) is 0 Å². The van der Waals surface area contributed by atoms with Gasteiger partial charge in [0, 0.05) is 0 Å². The normalized spacial score (nSPS) is 7.09. The standard InChI is InChI=1S/C7H14S.3Rb/c1-2-3-4-5-6-7-8;;;/h7H,2-6H2,1H3;;;/q-2;3*+1. The number of rotatable bonds is 5. The smallest absolute Gasteiger partial charge is 1.00 e. The Balaban J connectivity index is -0.0000000817. The van der Waals surface area contributed by atoms with Crippen LogP contribution >= 0.6 is 0 Å². The average molecular weight is 387 g/mol. The van der Waals surface area contributed by atoms with Crippen molar-refractivity contribution in [2.45, 2.75) is 39.0 Å². The predicted molar refractivity (Wildman–Crippen MR) is 40.4 cm³/mol. The van der Waals surface area contributed by atoms with Crippen molar-refractivity contribution < 1.29 is 175 Å². The first-order valence-electron chi connectivity index (χ1n) is 3.35. The van der Waals surface area contributed by atoms with Gasteiger partial charge in [0.25, 0.3) is 0 Å². The van der Waals surface area contributed by atoms with Gasteiger partial charge in [-0.1, -0.05) is 32.6 Å². The van der Waals surface area contributed by atoms with E-state index in [0.29, 0.717) is 0 Å².